The van der Waals surface area contributed by atoms with Crippen molar-refractivity contribution in [3.8, 4) is 5.75 Å². The Morgan fingerprint density at radius 2 is 1.97 bits per heavy atom. The molecule has 2 atom stereocenters. The van der Waals surface area contributed by atoms with E-state index in [1.54, 1.807) is 43.3 Å². The van der Waals surface area contributed by atoms with Gasteiger partial charge in [0.05, 0.1) is 18.7 Å². The predicted molar refractivity (Wildman–Crippen MR) is 123 cm³/mol. The monoisotopic (exact) mass is 457 g/mol. The second-order valence-corrected chi connectivity index (χ2v) is 8.67. The number of halogens is 2. The third-order valence-electron chi connectivity index (χ3n) is 6.74. The van der Waals surface area contributed by atoms with Crippen LogP contribution in [-0.2, 0) is 6.54 Å². The number of alkyl halides is 2. The third-order valence-corrected chi connectivity index (χ3v) is 6.74. The zero-order chi connectivity index (χ0) is 23.7. The Labute approximate surface area is 191 Å². The van der Waals surface area contributed by atoms with Crippen LogP contribution in [0.25, 0.3) is 10.9 Å². The summed E-state index contributed by atoms with van der Waals surface area (Å²) in [7, 11) is 3.38. The highest BCUT2D eigenvalue weighted by Crippen LogP contribution is 2.37. The van der Waals surface area contributed by atoms with Gasteiger partial charge in [-0.2, -0.15) is 0 Å². The van der Waals surface area contributed by atoms with E-state index in [0.717, 1.165) is 33.3 Å². The van der Waals surface area contributed by atoms with Gasteiger partial charge in [0.1, 0.15) is 5.75 Å². The summed E-state index contributed by atoms with van der Waals surface area (Å²) >= 11 is 0. The molecule has 2 aromatic carbocycles. The Balaban J connectivity index is 1.76. The summed E-state index contributed by atoms with van der Waals surface area (Å²) < 4.78 is 33.6. The molecule has 0 amide bonds. The topological polar surface area (TPSA) is 68.8 Å². The predicted octanol–water partition coefficient (Wildman–Crippen LogP) is 4.70. The first-order valence-corrected chi connectivity index (χ1v) is 11.0. The standard InChI is InChI=1S/C25H29F2N3O3/c1-15-12-22(33-3)19(18-8-9-28-23(15)18)14-30-11-10-29(2)21(24(26)27)13-20(30)16-4-6-17(7-5-16)25(31)32/h4-9,12,20-21,24,28H,10-11,13-14H2,1-3H3,(H,31,32). The number of carbonyl (C=O) groups is 1. The van der Waals surface area contributed by atoms with Crippen LogP contribution in [0.1, 0.15) is 39.5 Å². The molecule has 0 saturated carbocycles. The summed E-state index contributed by atoms with van der Waals surface area (Å²) in [6, 6.07) is 9.40. The van der Waals surface area contributed by atoms with Crippen molar-refractivity contribution in [2.75, 3.05) is 27.2 Å². The molecule has 0 radical (unpaired) electrons. The summed E-state index contributed by atoms with van der Waals surface area (Å²) in [5.41, 5.74) is 4.12. The Bertz CT molecular complexity index is 1130. The second kappa shape index (κ2) is 9.49. The number of H-pyrrole nitrogens is 1. The van der Waals surface area contributed by atoms with Gasteiger partial charge in [-0.25, -0.2) is 13.6 Å². The number of aromatic nitrogens is 1. The first-order chi connectivity index (χ1) is 15.8. The lowest BCUT2D eigenvalue weighted by molar-refractivity contribution is 0.0354. The van der Waals surface area contributed by atoms with Crippen molar-refractivity contribution < 1.29 is 23.4 Å². The van der Waals surface area contributed by atoms with Crippen molar-refractivity contribution in [3.63, 3.8) is 0 Å². The first kappa shape index (κ1) is 23.2. The molecule has 176 valence electrons. The number of carboxylic acid groups (broad SMARTS) is 1. The SMILES string of the molecule is COc1cc(C)c2[nH]ccc2c1CN1CCN(C)C(C(F)F)CC1c1ccc(C(=O)O)cc1. The molecule has 1 fully saturated rings. The van der Waals surface area contributed by atoms with Crippen LogP contribution in [0.15, 0.2) is 42.6 Å². The quantitative estimate of drug-likeness (QED) is 0.562. The van der Waals surface area contributed by atoms with E-state index in [2.05, 4.69) is 9.88 Å². The molecule has 4 rings (SSSR count). The average Bonchev–Trinajstić information content (AvgIpc) is 3.23. The Morgan fingerprint density at radius 1 is 1.24 bits per heavy atom. The fourth-order valence-corrected chi connectivity index (χ4v) is 4.83. The van der Waals surface area contributed by atoms with Gasteiger partial charge in [0.15, 0.2) is 0 Å². The number of benzene rings is 2. The van der Waals surface area contributed by atoms with Crippen LogP contribution in [0.4, 0.5) is 8.78 Å². The number of fused-ring (bicyclic) bond motifs is 1. The van der Waals surface area contributed by atoms with Gasteiger partial charge in [-0.05, 0) is 55.8 Å². The number of aromatic amines is 1. The number of aryl methyl sites for hydroxylation is 1. The van der Waals surface area contributed by atoms with Crippen LogP contribution in [0.3, 0.4) is 0 Å². The molecule has 2 N–H and O–H groups in total. The number of methoxy groups -OCH3 is 1. The number of carboxylic acids is 1. The van der Waals surface area contributed by atoms with E-state index in [0.29, 0.717) is 19.6 Å². The van der Waals surface area contributed by atoms with E-state index in [-0.39, 0.29) is 18.0 Å². The zero-order valence-corrected chi connectivity index (χ0v) is 19.0. The summed E-state index contributed by atoms with van der Waals surface area (Å²) in [6.07, 6.45) is -0.336. The van der Waals surface area contributed by atoms with Gasteiger partial charge < -0.3 is 14.8 Å². The van der Waals surface area contributed by atoms with Crippen LogP contribution in [0.2, 0.25) is 0 Å². The maximum Gasteiger partial charge on any atom is 0.335 e. The van der Waals surface area contributed by atoms with Crippen LogP contribution in [0, 0.1) is 6.92 Å². The zero-order valence-electron chi connectivity index (χ0n) is 19.0. The number of aromatic carboxylic acids is 1. The second-order valence-electron chi connectivity index (χ2n) is 8.67. The normalized spacial score (nSPS) is 20.3. The van der Waals surface area contributed by atoms with E-state index in [1.165, 1.54) is 0 Å². The Morgan fingerprint density at radius 3 is 2.61 bits per heavy atom. The Hall–Kier alpha value is -2.97. The average molecular weight is 458 g/mol. The summed E-state index contributed by atoms with van der Waals surface area (Å²) in [6.45, 7) is 3.64. The lowest BCUT2D eigenvalue weighted by atomic mass is 9.96. The molecule has 1 aliphatic heterocycles. The summed E-state index contributed by atoms with van der Waals surface area (Å²) in [4.78, 5) is 18.5. The molecule has 1 saturated heterocycles. The minimum absolute atomic E-state index is 0.177. The Kier molecular flexibility index (Phi) is 6.67. The third kappa shape index (κ3) is 4.58. The van der Waals surface area contributed by atoms with E-state index in [9.17, 15) is 18.7 Å². The molecule has 6 nitrogen and oxygen atoms in total. The lowest BCUT2D eigenvalue weighted by Crippen LogP contribution is -2.38. The van der Waals surface area contributed by atoms with Crippen molar-refractivity contribution in [2.24, 2.45) is 0 Å². The largest absolute Gasteiger partial charge is 0.496 e. The molecular weight excluding hydrogens is 428 g/mol. The fraction of sp³-hybridized carbons (Fsp3) is 0.400. The van der Waals surface area contributed by atoms with Gasteiger partial charge in [-0.3, -0.25) is 9.80 Å². The van der Waals surface area contributed by atoms with E-state index in [1.807, 2.05) is 25.3 Å². The van der Waals surface area contributed by atoms with Gasteiger partial charge in [0.25, 0.3) is 6.43 Å². The highest BCUT2D eigenvalue weighted by molar-refractivity contribution is 5.88. The number of nitrogens with one attached hydrogen (secondary N) is 1. The van der Waals surface area contributed by atoms with Crippen LogP contribution in [0.5, 0.6) is 5.75 Å². The van der Waals surface area contributed by atoms with Crippen LogP contribution in [-0.4, -0.2) is 65.6 Å². The van der Waals surface area contributed by atoms with Crippen molar-refractivity contribution in [3.05, 3.63) is 64.8 Å². The minimum Gasteiger partial charge on any atom is -0.496 e. The molecule has 0 spiro atoms. The molecule has 0 aliphatic carbocycles. The van der Waals surface area contributed by atoms with Crippen molar-refractivity contribution in [1.82, 2.24) is 14.8 Å². The molecule has 2 unspecified atom stereocenters. The van der Waals surface area contributed by atoms with Crippen LogP contribution >= 0.6 is 0 Å². The maximum absolute atomic E-state index is 13.9. The molecule has 1 aromatic heterocycles. The molecule has 3 aromatic rings. The smallest absolute Gasteiger partial charge is 0.335 e. The lowest BCUT2D eigenvalue weighted by Gasteiger charge is -2.32. The number of hydrogen-bond acceptors (Lipinski definition) is 4. The number of hydrogen-bond donors (Lipinski definition) is 2. The minimum atomic E-state index is -2.47. The van der Waals surface area contributed by atoms with E-state index >= 15 is 0 Å². The van der Waals surface area contributed by atoms with Gasteiger partial charge in [-0.15, -0.1) is 0 Å². The molecule has 0 bridgehead atoms. The maximum atomic E-state index is 13.9. The first-order valence-electron chi connectivity index (χ1n) is 11.0. The van der Waals surface area contributed by atoms with Crippen molar-refractivity contribution in [1.29, 1.82) is 0 Å². The molecular formula is C25H29F2N3O3. The van der Waals surface area contributed by atoms with Crippen LogP contribution < -0.4 is 4.74 Å². The van der Waals surface area contributed by atoms with Crippen molar-refractivity contribution >= 4 is 16.9 Å². The number of likely N-dealkylation sites (N-methyl/N-ethyl adjacent to an activating group) is 1. The number of nitrogens with zero attached hydrogens (tertiary/aromatic N) is 2. The summed E-state index contributed by atoms with van der Waals surface area (Å²) in [5, 5.41) is 10.3. The van der Waals surface area contributed by atoms with Crippen molar-refractivity contribution in [2.45, 2.75) is 38.4 Å². The van der Waals surface area contributed by atoms with E-state index < -0.39 is 18.4 Å². The van der Waals surface area contributed by atoms with Gasteiger partial charge in [0, 0.05) is 48.3 Å². The van der Waals surface area contributed by atoms with E-state index in [4.69, 9.17) is 4.74 Å². The molecule has 1 aliphatic rings. The molecule has 2 heterocycles. The number of ether oxygens (including phenoxy) is 1. The summed E-state index contributed by atoms with van der Waals surface area (Å²) in [5.74, 6) is -0.244. The fourth-order valence-electron chi connectivity index (χ4n) is 4.83. The van der Waals surface area contributed by atoms with Gasteiger partial charge in [0.2, 0.25) is 0 Å². The molecule has 33 heavy (non-hydrogen) atoms. The highest BCUT2D eigenvalue weighted by atomic mass is 19.3. The highest BCUT2D eigenvalue weighted by Gasteiger charge is 2.35. The van der Waals surface area contributed by atoms with Gasteiger partial charge >= 0.3 is 5.97 Å². The molecule has 8 heteroatoms. The number of rotatable bonds is 6. The van der Waals surface area contributed by atoms with Gasteiger partial charge in [-0.1, -0.05) is 12.1 Å².